The molecule has 250 valence electrons. The average Bonchev–Trinajstić information content (AvgIpc) is 3.76. The van der Waals surface area contributed by atoms with Crippen molar-refractivity contribution in [2.75, 3.05) is 18.1 Å². The maximum Gasteiger partial charge on any atom is 0.301 e. The van der Waals surface area contributed by atoms with E-state index in [1.807, 2.05) is 19.9 Å². The number of rotatable bonds is 12. The van der Waals surface area contributed by atoms with Gasteiger partial charge in [-0.2, -0.15) is 0 Å². The summed E-state index contributed by atoms with van der Waals surface area (Å²) < 4.78 is 18.3. The third-order valence-corrected chi connectivity index (χ3v) is 10.6. The number of carbonyl (C=O) groups excluding carboxylic acids is 2. The van der Waals surface area contributed by atoms with Gasteiger partial charge in [0.25, 0.3) is 5.78 Å². The molecular weight excluding hydrogens is 693 g/mol. The topological polar surface area (TPSA) is 111 Å². The number of aliphatic hydroxyl groups is 1. The minimum atomic E-state index is -1.02. The third-order valence-electron chi connectivity index (χ3n) is 7.92. The molecule has 13 heteroatoms. The molecule has 2 unspecified atom stereocenters. The maximum atomic E-state index is 13.8. The lowest BCUT2D eigenvalue weighted by Crippen LogP contribution is -2.29. The Bertz CT molecular complexity index is 1900. The van der Waals surface area contributed by atoms with E-state index in [2.05, 4.69) is 17.1 Å². The van der Waals surface area contributed by atoms with Crippen LogP contribution in [0.4, 0.5) is 5.13 Å². The van der Waals surface area contributed by atoms with Gasteiger partial charge in [-0.05, 0) is 79.4 Å². The van der Waals surface area contributed by atoms with Gasteiger partial charge in [-0.3, -0.25) is 14.5 Å². The van der Waals surface area contributed by atoms with Crippen LogP contribution in [-0.2, 0) is 21.8 Å². The molecule has 1 saturated heterocycles. The normalized spacial score (nSPS) is 18.2. The highest BCUT2D eigenvalue weighted by atomic mass is 35.5. The molecule has 3 aromatic carbocycles. The second kappa shape index (κ2) is 14.8. The van der Waals surface area contributed by atoms with Gasteiger partial charge in [0.05, 0.1) is 24.8 Å². The predicted octanol–water partition coefficient (Wildman–Crippen LogP) is 8.66. The Morgan fingerprint density at radius 2 is 1.90 bits per heavy atom. The van der Waals surface area contributed by atoms with Gasteiger partial charge >= 0.3 is 5.91 Å². The summed E-state index contributed by atoms with van der Waals surface area (Å²) in [5, 5.41) is 21.7. The van der Waals surface area contributed by atoms with E-state index in [4.69, 9.17) is 37.4 Å². The lowest BCUT2D eigenvalue weighted by molar-refractivity contribution is -0.132. The quantitative estimate of drug-likeness (QED) is 0.0383. The van der Waals surface area contributed by atoms with Crippen molar-refractivity contribution in [2.24, 2.45) is 0 Å². The number of fused-ring (bicyclic) bond motifs is 1. The Hall–Kier alpha value is -3.77. The number of hydrogen-bond acceptors (Lipinski definition) is 10. The first kappa shape index (κ1) is 34.1. The smallest absolute Gasteiger partial charge is 0.301 e. The molecule has 2 aliphatic rings. The van der Waals surface area contributed by atoms with E-state index in [1.165, 1.54) is 28.0 Å². The Labute approximate surface area is 296 Å². The van der Waals surface area contributed by atoms with Crippen LogP contribution in [0.15, 0.2) is 64.5 Å². The summed E-state index contributed by atoms with van der Waals surface area (Å²) in [4.78, 5) is 29.0. The lowest BCUT2D eigenvalue weighted by Gasteiger charge is -2.23. The number of thioether (sulfide) groups is 1. The van der Waals surface area contributed by atoms with Gasteiger partial charge in [-0.25, -0.2) is 0 Å². The number of Topliss-reactive ketones (excluding diaryl/α,β-unsaturated/α-hetero) is 1. The second-order valence-corrected chi connectivity index (χ2v) is 14.4. The Morgan fingerprint density at radius 1 is 1.06 bits per heavy atom. The highest BCUT2D eigenvalue weighted by Gasteiger charge is 2.48. The molecule has 1 aromatic heterocycles. The number of aliphatic hydroxyl groups excluding tert-OH is 1. The van der Waals surface area contributed by atoms with Crippen molar-refractivity contribution in [3.8, 4) is 17.2 Å². The third kappa shape index (κ3) is 7.01. The summed E-state index contributed by atoms with van der Waals surface area (Å²) in [6.07, 6.45) is 2.51. The van der Waals surface area contributed by atoms with Crippen LogP contribution in [0.5, 0.6) is 17.2 Å². The summed E-state index contributed by atoms with van der Waals surface area (Å²) in [6.45, 7) is 6.80. The molecule has 0 spiro atoms. The van der Waals surface area contributed by atoms with Crippen LogP contribution in [-0.4, -0.2) is 46.3 Å². The van der Waals surface area contributed by atoms with E-state index >= 15 is 0 Å². The number of ketones is 1. The van der Waals surface area contributed by atoms with Crippen molar-refractivity contribution >= 4 is 68.9 Å². The van der Waals surface area contributed by atoms with Gasteiger partial charge in [0.2, 0.25) is 5.13 Å². The number of aromatic nitrogens is 2. The first-order valence-electron chi connectivity index (χ1n) is 15.6. The van der Waals surface area contributed by atoms with Crippen molar-refractivity contribution in [1.82, 2.24) is 10.2 Å². The SMILES string of the molecule is CCCCOc1ccc(C2/C(=C(\O)c3ccc4c(c3)CC(C)O4)C(=O)C(=O)N2c2nnc(SCc3ccc(Cl)cc3Cl)s2)cc1OCC. The van der Waals surface area contributed by atoms with Crippen molar-refractivity contribution in [2.45, 2.75) is 62.3 Å². The fraction of sp³-hybridized carbons (Fsp3) is 0.314. The van der Waals surface area contributed by atoms with Gasteiger partial charge in [-0.15, -0.1) is 10.2 Å². The molecule has 1 fully saturated rings. The van der Waals surface area contributed by atoms with Crippen LogP contribution in [0.2, 0.25) is 10.0 Å². The summed E-state index contributed by atoms with van der Waals surface area (Å²) in [5.74, 6) is 0.291. The largest absolute Gasteiger partial charge is 0.507 e. The Balaban J connectivity index is 1.41. The highest BCUT2D eigenvalue weighted by molar-refractivity contribution is 8.00. The van der Waals surface area contributed by atoms with Gasteiger partial charge in [0.1, 0.15) is 17.6 Å². The number of ether oxygens (including phenoxy) is 3. The van der Waals surface area contributed by atoms with Crippen molar-refractivity contribution in [3.05, 3.63) is 92.5 Å². The summed E-state index contributed by atoms with van der Waals surface area (Å²) >= 11 is 15.0. The van der Waals surface area contributed by atoms with E-state index < -0.39 is 17.7 Å². The van der Waals surface area contributed by atoms with Crippen LogP contribution in [0.3, 0.4) is 0 Å². The van der Waals surface area contributed by atoms with Crippen molar-refractivity contribution < 1.29 is 28.9 Å². The number of benzene rings is 3. The number of hydrogen-bond donors (Lipinski definition) is 1. The van der Waals surface area contributed by atoms with Crippen LogP contribution in [0.25, 0.3) is 5.76 Å². The number of carbonyl (C=O) groups is 2. The zero-order valence-corrected chi connectivity index (χ0v) is 29.6. The Kier molecular flexibility index (Phi) is 10.5. The summed E-state index contributed by atoms with van der Waals surface area (Å²) in [5.41, 5.74) is 2.66. The molecule has 0 radical (unpaired) electrons. The first-order valence-corrected chi connectivity index (χ1v) is 18.1. The van der Waals surface area contributed by atoms with Crippen LogP contribution in [0.1, 0.15) is 61.9 Å². The van der Waals surface area contributed by atoms with E-state index in [0.29, 0.717) is 62.4 Å². The molecule has 2 atom stereocenters. The second-order valence-electron chi connectivity index (χ2n) is 11.3. The van der Waals surface area contributed by atoms with Crippen molar-refractivity contribution in [3.63, 3.8) is 0 Å². The van der Waals surface area contributed by atoms with Crippen LogP contribution in [0, 0.1) is 0 Å². The molecule has 2 aliphatic heterocycles. The molecule has 1 N–H and O–H groups in total. The van der Waals surface area contributed by atoms with Gasteiger partial charge < -0.3 is 19.3 Å². The predicted molar refractivity (Wildman–Crippen MR) is 189 cm³/mol. The van der Waals surface area contributed by atoms with Crippen LogP contribution < -0.4 is 19.1 Å². The molecule has 4 aromatic rings. The number of anilines is 1. The Morgan fingerprint density at radius 3 is 2.67 bits per heavy atom. The molecule has 0 bridgehead atoms. The van der Waals surface area contributed by atoms with Gasteiger partial charge in [-0.1, -0.05) is 71.8 Å². The van der Waals surface area contributed by atoms with Gasteiger partial charge in [0, 0.05) is 27.8 Å². The molecular formula is C35H33Cl2N3O6S2. The molecule has 1 amide bonds. The fourth-order valence-corrected chi connectivity index (χ4v) is 8.04. The monoisotopic (exact) mass is 725 g/mol. The van der Waals surface area contributed by atoms with E-state index in [1.54, 1.807) is 48.5 Å². The van der Waals surface area contributed by atoms with E-state index in [-0.39, 0.29) is 22.6 Å². The minimum Gasteiger partial charge on any atom is -0.507 e. The number of nitrogens with zero attached hydrogens (tertiary/aromatic N) is 3. The standard InChI is InChI=1S/C35H33Cl2N3O6S2/c1-4-6-13-45-27-12-8-20(16-28(27)44-5-2)30-29(31(41)21-9-11-26-23(15-21)14-19(3)46-26)32(42)33(43)40(30)34-38-39-35(48-34)47-18-22-7-10-24(36)17-25(22)37/h7-12,15-17,19,30,41H,4-6,13-14,18H2,1-3H3/b31-29+. The molecule has 3 heterocycles. The zero-order chi connectivity index (χ0) is 33.9. The molecule has 0 saturated carbocycles. The van der Waals surface area contributed by atoms with Crippen LogP contribution >= 0.6 is 46.3 Å². The number of unbranched alkanes of at least 4 members (excludes halogenated alkanes) is 1. The average molecular weight is 727 g/mol. The summed E-state index contributed by atoms with van der Waals surface area (Å²) in [6, 6.07) is 14.8. The lowest BCUT2D eigenvalue weighted by atomic mass is 9.94. The summed E-state index contributed by atoms with van der Waals surface area (Å²) in [7, 11) is 0. The van der Waals surface area contributed by atoms with Gasteiger partial charge in [0.15, 0.2) is 15.8 Å². The highest BCUT2D eigenvalue weighted by Crippen LogP contribution is 2.46. The first-order chi connectivity index (χ1) is 23.2. The van der Waals surface area contributed by atoms with E-state index in [9.17, 15) is 14.7 Å². The zero-order valence-electron chi connectivity index (χ0n) is 26.5. The maximum absolute atomic E-state index is 13.8. The number of amides is 1. The molecule has 9 nitrogen and oxygen atoms in total. The number of halogens is 2. The minimum absolute atomic E-state index is 0.00166. The molecule has 6 rings (SSSR count). The van der Waals surface area contributed by atoms with Crippen molar-refractivity contribution in [1.29, 1.82) is 0 Å². The van der Waals surface area contributed by atoms with E-state index in [0.717, 1.165) is 29.7 Å². The molecule has 48 heavy (non-hydrogen) atoms. The molecule has 0 aliphatic carbocycles. The fourth-order valence-electron chi connectivity index (χ4n) is 5.62.